The third-order valence-electron chi connectivity index (χ3n) is 4.00. The van der Waals surface area contributed by atoms with E-state index in [1.165, 1.54) is 0 Å². The fourth-order valence-electron chi connectivity index (χ4n) is 2.78. The lowest BCUT2D eigenvalue weighted by Gasteiger charge is -2.25. The molecule has 25 heavy (non-hydrogen) atoms. The van der Waals surface area contributed by atoms with Crippen molar-refractivity contribution in [1.82, 2.24) is 0 Å². The topological polar surface area (TPSA) is 52.6 Å². The molecular formula is C20H17BrO4. The molecule has 5 heteroatoms. The molecule has 3 rings (SSSR count). The molecule has 0 fully saturated rings. The van der Waals surface area contributed by atoms with Crippen molar-refractivity contribution in [3.63, 3.8) is 0 Å². The van der Waals surface area contributed by atoms with Crippen LogP contribution in [0.25, 0.3) is 5.76 Å². The van der Waals surface area contributed by atoms with E-state index in [0.717, 1.165) is 10.0 Å². The van der Waals surface area contributed by atoms with E-state index in [0.29, 0.717) is 11.1 Å². The predicted molar refractivity (Wildman–Crippen MR) is 97.6 cm³/mol. The summed E-state index contributed by atoms with van der Waals surface area (Å²) in [5.41, 5.74) is 1.89. The lowest BCUT2D eigenvalue weighted by molar-refractivity contribution is -0.142. The molecule has 0 N–H and O–H groups in total. The Kier molecular flexibility index (Phi) is 5.34. The molecule has 1 aliphatic rings. The molecule has 0 aromatic heterocycles. The minimum Gasteiger partial charge on any atom is -0.463 e. The second-order valence-corrected chi connectivity index (χ2v) is 6.54. The number of carbonyl (C=O) groups is 2. The van der Waals surface area contributed by atoms with Gasteiger partial charge in [-0.15, -0.1) is 0 Å². The first-order chi connectivity index (χ1) is 12.1. The minimum atomic E-state index is -0.528. The van der Waals surface area contributed by atoms with E-state index < -0.39 is 11.9 Å². The lowest BCUT2D eigenvalue weighted by atomic mass is 9.88. The molecule has 0 bridgehead atoms. The molecule has 4 nitrogen and oxygen atoms in total. The van der Waals surface area contributed by atoms with Gasteiger partial charge in [-0.3, -0.25) is 4.79 Å². The van der Waals surface area contributed by atoms with Crippen molar-refractivity contribution < 1.29 is 19.1 Å². The fourth-order valence-corrected chi connectivity index (χ4v) is 3.04. The largest absolute Gasteiger partial charge is 0.463 e. The quantitative estimate of drug-likeness (QED) is 0.711. The number of hydrogen-bond donors (Lipinski definition) is 0. The normalized spacial score (nSPS) is 17.2. The third kappa shape index (κ3) is 3.82. The molecule has 0 saturated carbocycles. The molecule has 2 aromatic carbocycles. The average Bonchev–Trinajstić information content (AvgIpc) is 2.63. The number of benzene rings is 2. The van der Waals surface area contributed by atoms with Crippen LogP contribution < -0.4 is 0 Å². The summed E-state index contributed by atoms with van der Waals surface area (Å²) in [6, 6.07) is 16.6. The van der Waals surface area contributed by atoms with Gasteiger partial charge >= 0.3 is 11.9 Å². The van der Waals surface area contributed by atoms with Crippen molar-refractivity contribution in [2.75, 3.05) is 6.61 Å². The van der Waals surface area contributed by atoms with Crippen molar-refractivity contribution in [2.24, 2.45) is 0 Å². The van der Waals surface area contributed by atoms with Crippen LogP contribution >= 0.6 is 15.9 Å². The summed E-state index contributed by atoms with van der Waals surface area (Å²) >= 11 is 3.38. The van der Waals surface area contributed by atoms with Gasteiger partial charge < -0.3 is 9.47 Å². The molecule has 1 heterocycles. The van der Waals surface area contributed by atoms with Crippen LogP contribution in [0.5, 0.6) is 0 Å². The number of carbonyl (C=O) groups excluding carboxylic acids is 2. The third-order valence-corrected chi connectivity index (χ3v) is 4.53. The average molecular weight is 401 g/mol. The van der Waals surface area contributed by atoms with Gasteiger partial charge in [-0.1, -0.05) is 58.4 Å². The van der Waals surface area contributed by atoms with Crippen LogP contribution in [0.4, 0.5) is 0 Å². The Labute approximate surface area is 154 Å². The van der Waals surface area contributed by atoms with Crippen LogP contribution in [0.1, 0.15) is 30.4 Å². The Morgan fingerprint density at radius 2 is 1.84 bits per heavy atom. The van der Waals surface area contributed by atoms with Gasteiger partial charge in [-0.05, 0) is 24.6 Å². The first kappa shape index (κ1) is 17.4. The molecule has 0 saturated heterocycles. The van der Waals surface area contributed by atoms with E-state index in [-0.39, 0.29) is 24.8 Å². The molecule has 128 valence electrons. The molecule has 1 aliphatic heterocycles. The summed E-state index contributed by atoms with van der Waals surface area (Å²) in [6.07, 6.45) is 0.253. The van der Waals surface area contributed by atoms with E-state index in [2.05, 4.69) is 15.9 Å². The Morgan fingerprint density at radius 1 is 1.16 bits per heavy atom. The van der Waals surface area contributed by atoms with Gasteiger partial charge in [0.15, 0.2) is 0 Å². The Morgan fingerprint density at radius 3 is 2.48 bits per heavy atom. The van der Waals surface area contributed by atoms with Crippen LogP contribution in [0.2, 0.25) is 0 Å². The molecule has 2 aromatic rings. The number of rotatable bonds is 4. The number of hydrogen-bond acceptors (Lipinski definition) is 4. The zero-order valence-corrected chi connectivity index (χ0v) is 15.3. The maximum atomic E-state index is 12.6. The van der Waals surface area contributed by atoms with Crippen LogP contribution in [-0.4, -0.2) is 18.5 Å². The Balaban J connectivity index is 2.02. The zero-order chi connectivity index (χ0) is 17.8. The molecule has 0 spiro atoms. The van der Waals surface area contributed by atoms with E-state index in [1.807, 2.05) is 54.6 Å². The van der Waals surface area contributed by atoms with Crippen molar-refractivity contribution in [2.45, 2.75) is 19.3 Å². The Bertz CT molecular complexity index is 809. The lowest BCUT2D eigenvalue weighted by Crippen LogP contribution is -2.26. The summed E-state index contributed by atoms with van der Waals surface area (Å²) in [5, 5.41) is 0. The molecule has 0 unspecified atom stereocenters. The van der Waals surface area contributed by atoms with Gasteiger partial charge in [0.2, 0.25) is 0 Å². The highest BCUT2D eigenvalue weighted by atomic mass is 79.9. The highest BCUT2D eigenvalue weighted by Gasteiger charge is 2.35. The highest BCUT2D eigenvalue weighted by molar-refractivity contribution is 9.10. The van der Waals surface area contributed by atoms with Crippen LogP contribution in [0, 0.1) is 0 Å². The molecular weight excluding hydrogens is 384 g/mol. The molecule has 0 aliphatic carbocycles. The van der Waals surface area contributed by atoms with Crippen LogP contribution in [-0.2, 0) is 19.1 Å². The van der Waals surface area contributed by atoms with Crippen molar-refractivity contribution in [3.05, 3.63) is 75.8 Å². The Hall–Kier alpha value is -2.40. The number of halogens is 1. The van der Waals surface area contributed by atoms with Gasteiger partial charge in [-0.2, -0.15) is 0 Å². The first-order valence-corrected chi connectivity index (χ1v) is 8.82. The summed E-state index contributed by atoms with van der Waals surface area (Å²) in [6.45, 7) is 2.02. The molecule has 0 radical (unpaired) electrons. The second kappa shape index (κ2) is 7.66. The summed E-state index contributed by atoms with van der Waals surface area (Å²) in [7, 11) is 0. The van der Waals surface area contributed by atoms with Crippen molar-refractivity contribution in [3.8, 4) is 0 Å². The van der Waals surface area contributed by atoms with Gasteiger partial charge in [0.05, 0.1) is 18.1 Å². The standard InChI is InChI=1S/C20H17BrO4/c1-2-24-19(22)17-12-16(13-8-10-15(21)11-9-13)20(23)25-18(17)14-6-4-3-5-7-14/h3-11,16H,2,12H2,1H3/t16-/m1/s1. The minimum absolute atomic E-state index is 0.253. The number of cyclic esters (lactones) is 1. The smallest absolute Gasteiger partial charge is 0.337 e. The van der Waals surface area contributed by atoms with Crippen molar-refractivity contribution in [1.29, 1.82) is 0 Å². The summed E-state index contributed by atoms with van der Waals surface area (Å²) in [4.78, 5) is 25.0. The molecule has 0 amide bonds. The second-order valence-electron chi connectivity index (χ2n) is 5.62. The summed E-state index contributed by atoms with van der Waals surface area (Å²) in [5.74, 6) is -1.05. The maximum absolute atomic E-state index is 12.6. The SMILES string of the molecule is CCOC(=O)C1=C(c2ccccc2)OC(=O)[C@@H](c2ccc(Br)cc2)C1. The number of ether oxygens (including phenoxy) is 2. The molecule has 1 atom stereocenters. The first-order valence-electron chi connectivity index (χ1n) is 8.03. The van der Waals surface area contributed by atoms with Gasteiger partial charge in [-0.25, -0.2) is 4.79 Å². The fraction of sp³-hybridized carbons (Fsp3) is 0.200. The number of esters is 2. The van der Waals surface area contributed by atoms with Gasteiger partial charge in [0.1, 0.15) is 5.76 Å². The van der Waals surface area contributed by atoms with E-state index in [9.17, 15) is 9.59 Å². The van der Waals surface area contributed by atoms with E-state index >= 15 is 0 Å². The van der Waals surface area contributed by atoms with E-state index in [1.54, 1.807) is 6.92 Å². The van der Waals surface area contributed by atoms with Crippen molar-refractivity contribution >= 4 is 33.6 Å². The van der Waals surface area contributed by atoms with E-state index in [4.69, 9.17) is 9.47 Å². The highest BCUT2D eigenvalue weighted by Crippen LogP contribution is 2.37. The predicted octanol–water partition coefficient (Wildman–Crippen LogP) is 4.45. The van der Waals surface area contributed by atoms with Crippen LogP contribution in [0.3, 0.4) is 0 Å². The maximum Gasteiger partial charge on any atom is 0.337 e. The monoisotopic (exact) mass is 400 g/mol. The summed E-state index contributed by atoms with van der Waals surface area (Å²) < 4.78 is 11.7. The van der Waals surface area contributed by atoms with Crippen LogP contribution in [0.15, 0.2) is 64.6 Å². The van der Waals surface area contributed by atoms with Gasteiger partial charge in [0, 0.05) is 16.5 Å². The van der Waals surface area contributed by atoms with Gasteiger partial charge in [0.25, 0.3) is 0 Å². The zero-order valence-electron chi connectivity index (χ0n) is 13.7.